The van der Waals surface area contributed by atoms with Crippen molar-refractivity contribution in [3.63, 3.8) is 0 Å². The number of piperidine rings is 1. The van der Waals surface area contributed by atoms with Crippen LogP contribution in [0.4, 0.5) is 0 Å². The van der Waals surface area contributed by atoms with Crippen LogP contribution in [0.15, 0.2) is 0 Å². The lowest BCUT2D eigenvalue weighted by molar-refractivity contribution is -0.132. The molecule has 0 bridgehead atoms. The zero-order valence-corrected chi connectivity index (χ0v) is 17.0. The molecule has 24 heavy (non-hydrogen) atoms. The molecule has 5 nitrogen and oxygen atoms in total. The largest absolute Gasteiger partial charge is 0.343 e. The lowest BCUT2D eigenvalue weighted by Crippen LogP contribution is -2.46. The SMILES string of the molecule is CCCS(=O)(=O)NC1CCN(C(=O)CCCCC2CCSS2)CC1. The predicted molar refractivity (Wildman–Crippen MR) is 104 cm³/mol. The molecule has 0 aliphatic carbocycles. The van der Waals surface area contributed by atoms with Crippen molar-refractivity contribution in [2.75, 3.05) is 24.6 Å². The summed E-state index contributed by atoms with van der Waals surface area (Å²) in [6, 6.07) is -0.0116. The summed E-state index contributed by atoms with van der Waals surface area (Å²) in [6.07, 6.45) is 7.37. The quantitative estimate of drug-likeness (QED) is 0.481. The molecule has 8 heteroatoms. The smallest absolute Gasteiger partial charge is 0.222 e. The maximum absolute atomic E-state index is 12.3. The number of carbonyl (C=O) groups is 1. The van der Waals surface area contributed by atoms with Gasteiger partial charge in [0.2, 0.25) is 15.9 Å². The molecule has 0 aromatic rings. The Morgan fingerprint density at radius 2 is 1.96 bits per heavy atom. The molecule has 2 heterocycles. The van der Waals surface area contributed by atoms with Crippen molar-refractivity contribution in [3.8, 4) is 0 Å². The van der Waals surface area contributed by atoms with Crippen LogP contribution in [0.2, 0.25) is 0 Å². The third kappa shape index (κ3) is 7.14. The second-order valence-corrected chi connectivity index (χ2v) is 11.3. The summed E-state index contributed by atoms with van der Waals surface area (Å²) in [5, 5.41) is 0.789. The fourth-order valence-electron chi connectivity index (χ4n) is 3.20. The fraction of sp³-hybridized carbons (Fsp3) is 0.938. The first-order valence-corrected chi connectivity index (χ1v) is 13.1. The Kier molecular flexibility index (Phi) is 8.74. The lowest BCUT2D eigenvalue weighted by Gasteiger charge is -2.32. The lowest BCUT2D eigenvalue weighted by atomic mass is 10.0. The number of hydrogen-bond donors (Lipinski definition) is 1. The minimum atomic E-state index is -3.15. The minimum absolute atomic E-state index is 0.0116. The van der Waals surface area contributed by atoms with E-state index in [1.165, 1.54) is 18.6 Å². The highest BCUT2D eigenvalue weighted by molar-refractivity contribution is 8.77. The van der Waals surface area contributed by atoms with Crippen molar-refractivity contribution in [2.24, 2.45) is 0 Å². The summed E-state index contributed by atoms with van der Waals surface area (Å²) >= 11 is 0. The van der Waals surface area contributed by atoms with Crippen LogP contribution in [0.3, 0.4) is 0 Å². The van der Waals surface area contributed by atoms with Gasteiger partial charge in [-0.15, -0.1) is 0 Å². The molecule has 1 atom stereocenters. The molecule has 0 aromatic heterocycles. The van der Waals surface area contributed by atoms with Crippen molar-refractivity contribution in [1.29, 1.82) is 0 Å². The van der Waals surface area contributed by atoms with E-state index in [0.717, 1.165) is 30.9 Å². The molecule has 2 saturated heterocycles. The van der Waals surface area contributed by atoms with Crippen molar-refractivity contribution in [3.05, 3.63) is 0 Å². The molecular formula is C16H30N2O3S3. The molecule has 1 amide bonds. The Balaban J connectivity index is 1.59. The molecule has 0 radical (unpaired) electrons. The first-order chi connectivity index (χ1) is 11.5. The number of carbonyl (C=O) groups excluding carboxylic acids is 1. The van der Waals surface area contributed by atoms with Crippen LogP contribution in [0.5, 0.6) is 0 Å². The van der Waals surface area contributed by atoms with Crippen LogP contribution < -0.4 is 4.72 Å². The zero-order chi connectivity index (χ0) is 17.4. The van der Waals surface area contributed by atoms with Gasteiger partial charge in [0.1, 0.15) is 0 Å². The number of amides is 1. The molecule has 2 aliphatic rings. The van der Waals surface area contributed by atoms with Gasteiger partial charge < -0.3 is 4.90 Å². The number of sulfonamides is 1. The van der Waals surface area contributed by atoms with E-state index in [2.05, 4.69) is 4.72 Å². The van der Waals surface area contributed by atoms with E-state index >= 15 is 0 Å². The van der Waals surface area contributed by atoms with E-state index in [9.17, 15) is 13.2 Å². The van der Waals surface area contributed by atoms with Crippen LogP contribution in [-0.2, 0) is 14.8 Å². The number of hydrogen-bond acceptors (Lipinski definition) is 5. The van der Waals surface area contributed by atoms with Crippen LogP contribution in [-0.4, -0.2) is 55.1 Å². The first kappa shape index (κ1) is 20.4. The van der Waals surface area contributed by atoms with Gasteiger partial charge >= 0.3 is 0 Å². The summed E-state index contributed by atoms with van der Waals surface area (Å²) in [5.41, 5.74) is 0. The van der Waals surface area contributed by atoms with Gasteiger partial charge in [-0.2, -0.15) is 0 Å². The van der Waals surface area contributed by atoms with E-state index in [-0.39, 0.29) is 17.7 Å². The average molecular weight is 395 g/mol. The van der Waals surface area contributed by atoms with Crippen LogP contribution in [0.25, 0.3) is 0 Å². The van der Waals surface area contributed by atoms with Gasteiger partial charge in [-0.05, 0) is 38.5 Å². The Morgan fingerprint density at radius 3 is 2.58 bits per heavy atom. The van der Waals surface area contributed by atoms with E-state index in [1.54, 1.807) is 0 Å². The predicted octanol–water partition coefficient (Wildman–Crippen LogP) is 3.02. The minimum Gasteiger partial charge on any atom is -0.343 e. The Morgan fingerprint density at radius 1 is 1.21 bits per heavy atom. The van der Waals surface area contributed by atoms with Gasteiger partial charge in [0.05, 0.1) is 5.75 Å². The van der Waals surface area contributed by atoms with E-state index in [4.69, 9.17) is 0 Å². The third-order valence-electron chi connectivity index (χ3n) is 4.56. The highest BCUT2D eigenvalue weighted by Crippen LogP contribution is 2.39. The third-order valence-corrected chi connectivity index (χ3v) is 9.21. The summed E-state index contributed by atoms with van der Waals surface area (Å²) < 4.78 is 26.4. The molecule has 140 valence electrons. The van der Waals surface area contributed by atoms with Crippen LogP contribution >= 0.6 is 21.6 Å². The summed E-state index contributed by atoms with van der Waals surface area (Å²) in [4.78, 5) is 14.2. The number of nitrogens with one attached hydrogen (secondary N) is 1. The second kappa shape index (κ2) is 10.3. The first-order valence-electron chi connectivity index (χ1n) is 9.06. The monoisotopic (exact) mass is 394 g/mol. The van der Waals surface area contributed by atoms with E-state index in [1.807, 2.05) is 33.4 Å². The number of rotatable bonds is 9. The molecule has 0 spiro atoms. The van der Waals surface area contributed by atoms with Gasteiger partial charge in [0.25, 0.3) is 0 Å². The molecule has 0 aromatic carbocycles. The molecule has 2 rings (SSSR count). The summed E-state index contributed by atoms with van der Waals surface area (Å²) in [6.45, 7) is 3.21. The van der Waals surface area contributed by atoms with Crippen LogP contribution in [0.1, 0.15) is 58.3 Å². The zero-order valence-electron chi connectivity index (χ0n) is 14.5. The Labute approximate surface area is 154 Å². The maximum atomic E-state index is 12.3. The van der Waals surface area contributed by atoms with Crippen molar-refractivity contribution in [1.82, 2.24) is 9.62 Å². The van der Waals surface area contributed by atoms with E-state index < -0.39 is 10.0 Å². The molecular weight excluding hydrogens is 364 g/mol. The summed E-state index contributed by atoms with van der Waals surface area (Å²) in [7, 11) is 0.820. The van der Waals surface area contributed by atoms with Gasteiger partial charge in [0, 0.05) is 36.6 Å². The topological polar surface area (TPSA) is 66.5 Å². The van der Waals surface area contributed by atoms with Crippen molar-refractivity contribution in [2.45, 2.75) is 69.6 Å². The van der Waals surface area contributed by atoms with Gasteiger partial charge in [-0.1, -0.05) is 34.9 Å². The maximum Gasteiger partial charge on any atom is 0.222 e. The Bertz CT molecular complexity index is 485. The van der Waals surface area contributed by atoms with Gasteiger partial charge in [-0.25, -0.2) is 13.1 Å². The van der Waals surface area contributed by atoms with Crippen molar-refractivity contribution >= 4 is 37.5 Å². The molecule has 0 saturated carbocycles. The fourth-order valence-corrected chi connectivity index (χ4v) is 7.63. The normalized spacial score (nSPS) is 22.9. The Hall–Kier alpha value is 0.0800. The second-order valence-electron chi connectivity index (χ2n) is 6.67. The van der Waals surface area contributed by atoms with Gasteiger partial charge in [0.15, 0.2) is 0 Å². The number of unbranched alkanes of at least 4 members (excludes halogenated alkanes) is 1. The molecule has 1 N–H and O–H groups in total. The van der Waals surface area contributed by atoms with Crippen LogP contribution in [0, 0.1) is 0 Å². The summed E-state index contributed by atoms with van der Waals surface area (Å²) in [5.74, 6) is 1.69. The molecule has 2 aliphatic heterocycles. The van der Waals surface area contributed by atoms with Crippen molar-refractivity contribution < 1.29 is 13.2 Å². The highest BCUT2D eigenvalue weighted by Gasteiger charge is 2.25. The molecule has 2 fully saturated rings. The van der Waals surface area contributed by atoms with Gasteiger partial charge in [-0.3, -0.25) is 4.79 Å². The molecule has 1 unspecified atom stereocenters. The van der Waals surface area contributed by atoms with E-state index in [0.29, 0.717) is 25.9 Å². The standard InChI is InChI=1S/C16H30N2O3S3/c1-2-13-24(20,21)17-14-7-10-18(11-8-14)16(19)6-4-3-5-15-9-12-22-23-15/h14-15,17H,2-13H2,1H3. The average Bonchev–Trinajstić information content (AvgIpc) is 3.05. The highest BCUT2D eigenvalue weighted by atomic mass is 33.1. The number of nitrogens with zero attached hydrogens (tertiary/aromatic N) is 1. The number of likely N-dealkylation sites (tertiary alicyclic amines) is 1.